The van der Waals surface area contributed by atoms with Crippen molar-refractivity contribution >= 4 is 28.9 Å². The third-order valence-corrected chi connectivity index (χ3v) is 4.21. The Balaban J connectivity index is 2.26. The molecule has 18 heavy (non-hydrogen) atoms. The van der Waals surface area contributed by atoms with Crippen LogP contribution in [0.3, 0.4) is 0 Å². The maximum atomic E-state index is 6.00. The molecule has 0 aliphatic heterocycles. The minimum absolute atomic E-state index is 0.253. The lowest BCUT2D eigenvalue weighted by Crippen LogP contribution is -2.11. The summed E-state index contributed by atoms with van der Waals surface area (Å²) in [5.74, 6) is 0.936. The van der Waals surface area contributed by atoms with Gasteiger partial charge in [0.1, 0.15) is 0 Å². The average molecular weight is 284 g/mol. The summed E-state index contributed by atoms with van der Waals surface area (Å²) in [6.45, 7) is 7.27. The van der Waals surface area contributed by atoms with Crippen molar-refractivity contribution in [3.63, 3.8) is 0 Å². The summed E-state index contributed by atoms with van der Waals surface area (Å²) in [6.07, 6.45) is 3.17. The fourth-order valence-corrected chi connectivity index (χ4v) is 2.98. The van der Waals surface area contributed by atoms with Crippen molar-refractivity contribution in [1.29, 1.82) is 0 Å². The van der Waals surface area contributed by atoms with E-state index in [0.29, 0.717) is 0 Å². The van der Waals surface area contributed by atoms with E-state index < -0.39 is 0 Å². The largest absolute Gasteiger partial charge is 0.356 e. The van der Waals surface area contributed by atoms with Gasteiger partial charge >= 0.3 is 0 Å². The van der Waals surface area contributed by atoms with Crippen LogP contribution in [0.5, 0.6) is 0 Å². The molecular weight excluding hydrogens is 266 g/mol. The van der Waals surface area contributed by atoms with Gasteiger partial charge in [-0.2, -0.15) is 0 Å². The van der Waals surface area contributed by atoms with E-state index in [1.54, 1.807) is 11.3 Å². The molecule has 0 aliphatic carbocycles. The number of rotatable bonds is 5. The highest BCUT2D eigenvalue weighted by Gasteiger charge is 2.15. The van der Waals surface area contributed by atoms with E-state index in [1.807, 2.05) is 13.0 Å². The highest BCUT2D eigenvalue weighted by Crippen LogP contribution is 2.30. The normalized spacial score (nSPS) is 12.7. The van der Waals surface area contributed by atoms with E-state index in [1.165, 1.54) is 4.88 Å². The van der Waals surface area contributed by atoms with E-state index in [9.17, 15) is 0 Å². The highest BCUT2D eigenvalue weighted by atomic mass is 35.5. The monoisotopic (exact) mass is 283 g/mol. The van der Waals surface area contributed by atoms with E-state index in [0.717, 1.165) is 28.9 Å². The van der Waals surface area contributed by atoms with Gasteiger partial charge in [0.15, 0.2) is 0 Å². The molecule has 2 aromatic heterocycles. The third-order valence-electron chi connectivity index (χ3n) is 2.81. The van der Waals surface area contributed by atoms with Crippen molar-refractivity contribution in [1.82, 2.24) is 9.55 Å². The number of hydrogen-bond acceptors (Lipinski definition) is 3. The lowest BCUT2D eigenvalue weighted by Gasteiger charge is -2.15. The standard InChI is InChI=1S/C13H18ClN3S/c1-4-7-15-13-16-9(2)8-17(13)10(3)11-5-6-12(14)18-11/h5-6,8,10H,4,7H2,1-3H3,(H,15,16). The van der Waals surface area contributed by atoms with Crippen LogP contribution >= 0.6 is 22.9 Å². The maximum absolute atomic E-state index is 6.00. The number of nitrogens with zero attached hydrogens (tertiary/aromatic N) is 2. The minimum Gasteiger partial charge on any atom is -0.356 e. The van der Waals surface area contributed by atoms with Gasteiger partial charge in [0.2, 0.25) is 5.95 Å². The van der Waals surface area contributed by atoms with Crippen LogP contribution in [-0.4, -0.2) is 16.1 Å². The number of imidazole rings is 1. The first-order chi connectivity index (χ1) is 8.61. The van der Waals surface area contributed by atoms with Crippen molar-refractivity contribution in [2.45, 2.75) is 33.2 Å². The summed E-state index contributed by atoms with van der Waals surface area (Å²) >= 11 is 7.62. The Morgan fingerprint density at radius 1 is 1.50 bits per heavy atom. The van der Waals surface area contributed by atoms with Crippen LogP contribution in [0, 0.1) is 6.92 Å². The van der Waals surface area contributed by atoms with Gasteiger partial charge in [-0.1, -0.05) is 18.5 Å². The van der Waals surface area contributed by atoms with Crippen molar-refractivity contribution in [2.24, 2.45) is 0 Å². The molecule has 0 spiro atoms. The van der Waals surface area contributed by atoms with Gasteiger partial charge in [0.25, 0.3) is 0 Å². The van der Waals surface area contributed by atoms with Crippen LogP contribution in [0.1, 0.15) is 36.9 Å². The molecule has 0 aliphatic rings. The van der Waals surface area contributed by atoms with E-state index in [4.69, 9.17) is 11.6 Å². The predicted octanol–water partition coefficient (Wildman–Crippen LogP) is 4.34. The zero-order valence-corrected chi connectivity index (χ0v) is 12.5. The molecule has 1 atom stereocenters. The summed E-state index contributed by atoms with van der Waals surface area (Å²) in [5, 5.41) is 3.36. The van der Waals surface area contributed by atoms with Gasteiger partial charge in [-0.05, 0) is 32.4 Å². The van der Waals surface area contributed by atoms with Crippen LogP contribution in [0.4, 0.5) is 5.95 Å². The van der Waals surface area contributed by atoms with Crippen molar-refractivity contribution < 1.29 is 0 Å². The van der Waals surface area contributed by atoms with Crippen LogP contribution < -0.4 is 5.32 Å². The predicted molar refractivity (Wildman–Crippen MR) is 78.9 cm³/mol. The van der Waals surface area contributed by atoms with E-state index in [2.05, 4.69) is 41.0 Å². The number of thiophene rings is 1. The molecule has 0 radical (unpaired) electrons. The molecule has 2 rings (SSSR count). The number of aryl methyl sites for hydroxylation is 1. The quantitative estimate of drug-likeness (QED) is 0.885. The summed E-state index contributed by atoms with van der Waals surface area (Å²) < 4.78 is 3.00. The number of anilines is 1. The smallest absolute Gasteiger partial charge is 0.203 e. The van der Waals surface area contributed by atoms with E-state index in [-0.39, 0.29) is 6.04 Å². The molecule has 0 fully saturated rings. The fraction of sp³-hybridized carbons (Fsp3) is 0.462. The Morgan fingerprint density at radius 2 is 2.28 bits per heavy atom. The SMILES string of the molecule is CCCNc1nc(C)cn1C(C)c1ccc(Cl)s1. The maximum Gasteiger partial charge on any atom is 0.203 e. The topological polar surface area (TPSA) is 29.9 Å². The molecule has 2 heterocycles. The Morgan fingerprint density at radius 3 is 2.89 bits per heavy atom. The molecule has 0 saturated heterocycles. The Labute approximate surface area is 117 Å². The van der Waals surface area contributed by atoms with Crippen LogP contribution in [0.15, 0.2) is 18.3 Å². The van der Waals surface area contributed by atoms with Crippen LogP contribution in [0.2, 0.25) is 4.34 Å². The first kappa shape index (κ1) is 13.4. The van der Waals surface area contributed by atoms with Crippen LogP contribution in [-0.2, 0) is 0 Å². The molecule has 0 bridgehead atoms. The number of hydrogen-bond donors (Lipinski definition) is 1. The Bertz CT molecular complexity index is 518. The molecule has 2 aromatic rings. The molecule has 1 N–H and O–H groups in total. The van der Waals surface area contributed by atoms with Gasteiger partial charge < -0.3 is 9.88 Å². The van der Waals surface area contributed by atoms with Crippen molar-refractivity contribution in [3.8, 4) is 0 Å². The minimum atomic E-state index is 0.253. The first-order valence-corrected chi connectivity index (χ1v) is 7.35. The fourth-order valence-electron chi connectivity index (χ4n) is 1.87. The summed E-state index contributed by atoms with van der Waals surface area (Å²) in [6, 6.07) is 4.28. The Kier molecular flexibility index (Phi) is 4.30. The summed E-state index contributed by atoms with van der Waals surface area (Å²) in [7, 11) is 0. The number of nitrogens with one attached hydrogen (secondary N) is 1. The zero-order valence-electron chi connectivity index (χ0n) is 10.9. The van der Waals surface area contributed by atoms with Crippen molar-refractivity contribution in [3.05, 3.63) is 33.2 Å². The summed E-state index contributed by atoms with van der Waals surface area (Å²) in [4.78, 5) is 5.77. The van der Waals surface area contributed by atoms with Gasteiger partial charge in [0.05, 0.1) is 16.1 Å². The van der Waals surface area contributed by atoms with Crippen LogP contribution in [0.25, 0.3) is 0 Å². The molecule has 3 nitrogen and oxygen atoms in total. The van der Waals surface area contributed by atoms with Gasteiger partial charge in [-0.25, -0.2) is 4.98 Å². The second-order valence-electron chi connectivity index (χ2n) is 4.36. The molecule has 1 unspecified atom stereocenters. The van der Waals surface area contributed by atoms with Gasteiger partial charge in [0, 0.05) is 17.6 Å². The number of halogens is 1. The summed E-state index contributed by atoms with van der Waals surface area (Å²) in [5.41, 5.74) is 1.03. The van der Waals surface area contributed by atoms with E-state index >= 15 is 0 Å². The lowest BCUT2D eigenvalue weighted by atomic mass is 10.3. The average Bonchev–Trinajstić information content (AvgIpc) is 2.92. The second kappa shape index (κ2) is 5.76. The Hall–Kier alpha value is -1.000. The molecule has 0 saturated carbocycles. The lowest BCUT2D eigenvalue weighted by molar-refractivity contribution is 0.653. The first-order valence-electron chi connectivity index (χ1n) is 6.16. The van der Waals surface area contributed by atoms with Gasteiger partial charge in [-0.3, -0.25) is 0 Å². The number of aromatic nitrogens is 2. The molecule has 0 amide bonds. The third kappa shape index (κ3) is 2.87. The second-order valence-corrected chi connectivity index (χ2v) is 6.10. The zero-order chi connectivity index (χ0) is 13.1. The molecule has 5 heteroatoms. The molecule has 0 aromatic carbocycles. The molecule has 98 valence electrons. The van der Waals surface area contributed by atoms with Gasteiger partial charge in [-0.15, -0.1) is 11.3 Å². The van der Waals surface area contributed by atoms with Crippen molar-refractivity contribution in [2.75, 3.05) is 11.9 Å². The highest BCUT2D eigenvalue weighted by molar-refractivity contribution is 7.16. The molecular formula is C13H18ClN3S.